The number of furan rings is 1. The molecule has 0 fully saturated rings. The highest BCUT2D eigenvalue weighted by molar-refractivity contribution is 6.07. The van der Waals surface area contributed by atoms with Crippen molar-refractivity contribution in [2.75, 3.05) is 0 Å². The molecule has 0 aliphatic heterocycles. The second-order valence-electron chi connectivity index (χ2n) is 3.01. The molecule has 14 heavy (non-hydrogen) atoms. The number of pyridine rings is 1. The van der Waals surface area contributed by atoms with E-state index < -0.39 is 0 Å². The van der Waals surface area contributed by atoms with Crippen molar-refractivity contribution in [1.82, 2.24) is 4.98 Å². The number of hydrogen-bond donors (Lipinski definition) is 0. The van der Waals surface area contributed by atoms with E-state index in [1.54, 1.807) is 12.1 Å². The molecule has 0 aliphatic carbocycles. The van der Waals surface area contributed by atoms with E-state index in [-0.39, 0.29) is 5.78 Å². The van der Waals surface area contributed by atoms with Crippen LogP contribution >= 0.6 is 0 Å². The quantitative estimate of drug-likeness (QED) is 0.677. The van der Waals surface area contributed by atoms with Gasteiger partial charge in [-0.25, -0.2) is 4.98 Å². The minimum Gasteiger partial charge on any atom is -0.472 e. The van der Waals surface area contributed by atoms with Crippen LogP contribution in [0.15, 0.2) is 41.2 Å². The van der Waals surface area contributed by atoms with Gasteiger partial charge in [0, 0.05) is 5.69 Å². The highest BCUT2D eigenvalue weighted by Gasteiger charge is 2.10. The van der Waals surface area contributed by atoms with Crippen LogP contribution in [0, 0.1) is 6.92 Å². The molecule has 70 valence electrons. The van der Waals surface area contributed by atoms with E-state index in [9.17, 15) is 4.79 Å². The summed E-state index contributed by atoms with van der Waals surface area (Å²) < 4.78 is 4.84. The SMILES string of the molecule is Cc1cccc(C(=O)c2ccoc2)n1. The van der Waals surface area contributed by atoms with Gasteiger partial charge >= 0.3 is 0 Å². The molecule has 0 unspecified atom stereocenters. The minimum atomic E-state index is -0.109. The summed E-state index contributed by atoms with van der Waals surface area (Å²) in [5.74, 6) is -0.109. The third-order valence-electron chi connectivity index (χ3n) is 1.90. The van der Waals surface area contributed by atoms with E-state index in [0.29, 0.717) is 11.3 Å². The Hall–Kier alpha value is -1.90. The molecule has 3 nitrogen and oxygen atoms in total. The van der Waals surface area contributed by atoms with Gasteiger partial charge in [-0.1, -0.05) is 6.07 Å². The first kappa shape index (κ1) is 8.69. The second kappa shape index (κ2) is 3.46. The maximum Gasteiger partial charge on any atom is 0.214 e. The summed E-state index contributed by atoms with van der Waals surface area (Å²) in [7, 11) is 0. The Morgan fingerprint density at radius 1 is 1.36 bits per heavy atom. The molecule has 2 heterocycles. The lowest BCUT2D eigenvalue weighted by Crippen LogP contribution is -2.03. The van der Waals surface area contributed by atoms with Crippen LogP contribution in [0.25, 0.3) is 0 Å². The van der Waals surface area contributed by atoms with E-state index in [4.69, 9.17) is 4.42 Å². The first-order valence-electron chi connectivity index (χ1n) is 4.28. The van der Waals surface area contributed by atoms with Crippen LogP contribution in [0.1, 0.15) is 21.7 Å². The molecule has 0 atom stereocenters. The number of rotatable bonds is 2. The molecule has 0 saturated heterocycles. The third kappa shape index (κ3) is 1.57. The highest BCUT2D eigenvalue weighted by atomic mass is 16.3. The van der Waals surface area contributed by atoms with Crippen LogP contribution < -0.4 is 0 Å². The minimum absolute atomic E-state index is 0.109. The van der Waals surface area contributed by atoms with Gasteiger partial charge in [0.1, 0.15) is 12.0 Å². The molecule has 0 radical (unpaired) electrons. The number of ketones is 1. The molecule has 2 aromatic rings. The van der Waals surface area contributed by atoms with Gasteiger partial charge in [-0.05, 0) is 25.1 Å². The topological polar surface area (TPSA) is 43.1 Å². The number of aromatic nitrogens is 1. The van der Waals surface area contributed by atoms with E-state index >= 15 is 0 Å². The molecule has 0 spiro atoms. The van der Waals surface area contributed by atoms with Gasteiger partial charge in [-0.15, -0.1) is 0 Å². The van der Waals surface area contributed by atoms with Crippen molar-refractivity contribution < 1.29 is 9.21 Å². The molecule has 2 rings (SSSR count). The van der Waals surface area contributed by atoms with Crippen LogP contribution in [-0.2, 0) is 0 Å². The summed E-state index contributed by atoms with van der Waals surface area (Å²) in [6.45, 7) is 1.85. The molecule has 0 bridgehead atoms. The molecule has 0 amide bonds. The largest absolute Gasteiger partial charge is 0.472 e. The molecular formula is C11H9NO2. The lowest BCUT2D eigenvalue weighted by molar-refractivity contribution is 0.103. The molecular weight excluding hydrogens is 178 g/mol. The van der Waals surface area contributed by atoms with Crippen molar-refractivity contribution in [2.24, 2.45) is 0 Å². The number of nitrogens with zero attached hydrogens (tertiary/aromatic N) is 1. The summed E-state index contributed by atoms with van der Waals surface area (Å²) >= 11 is 0. The van der Waals surface area contributed by atoms with Crippen molar-refractivity contribution in [3.05, 3.63) is 53.7 Å². The predicted octanol–water partition coefficient (Wildman–Crippen LogP) is 2.21. The smallest absolute Gasteiger partial charge is 0.214 e. The van der Waals surface area contributed by atoms with Crippen LogP contribution in [0.2, 0.25) is 0 Å². The van der Waals surface area contributed by atoms with Crippen molar-refractivity contribution in [3.63, 3.8) is 0 Å². The van der Waals surface area contributed by atoms with Gasteiger partial charge in [-0.2, -0.15) is 0 Å². The first-order valence-corrected chi connectivity index (χ1v) is 4.28. The second-order valence-corrected chi connectivity index (χ2v) is 3.01. The van der Waals surface area contributed by atoms with E-state index in [2.05, 4.69) is 4.98 Å². The lowest BCUT2D eigenvalue weighted by atomic mass is 10.1. The monoisotopic (exact) mass is 187 g/mol. The van der Waals surface area contributed by atoms with E-state index in [1.165, 1.54) is 12.5 Å². The van der Waals surface area contributed by atoms with Crippen LogP contribution in [0.4, 0.5) is 0 Å². The van der Waals surface area contributed by atoms with Gasteiger partial charge in [0.2, 0.25) is 5.78 Å². The first-order chi connectivity index (χ1) is 6.77. The maximum absolute atomic E-state index is 11.7. The number of hydrogen-bond acceptors (Lipinski definition) is 3. The summed E-state index contributed by atoms with van der Waals surface area (Å²) in [4.78, 5) is 15.9. The average molecular weight is 187 g/mol. The molecule has 3 heteroatoms. The van der Waals surface area contributed by atoms with Crippen molar-refractivity contribution >= 4 is 5.78 Å². The van der Waals surface area contributed by atoms with Gasteiger partial charge < -0.3 is 4.42 Å². The summed E-state index contributed by atoms with van der Waals surface area (Å²) in [6.07, 6.45) is 2.90. The zero-order valence-electron chi connectivity index (χ0n) is 7.73. The number of carbonyl (C=O) groups is 1. The zero-order valence-corrected chi connectivity index (χ0v) is 7.73. The highest BCUT2D eigenvalue weighted by Crippen LogP contribution is 2.08. The Labute approximate surface area is 81.4 Å². The lowest BCUT2D eigenvalue weighted by Gasteiger charge is -1.97. The predicted molar refractivity (Wildman–Crippen MR) is 51.1 cm³/mol. The zero-order chi connectivity index (χ0) is 9.97. The fourth-order valence-corrected chi connectivity index (χ4v) is 1.21. The third-order valence-corrected chi connectivity index (χ3v) is 1.90. The van der Waals surface area contributed by atoms with Crippen LogP contribution in [-0.4, -0.2) is 10.8 Å². The van der Waals surface area contributed by atoms with Crippen molar-refractivity contribution in [1.29, 1.82) is 0 Å². The Balaban J connectivity index is 2.37. The summed E-state index contributed by atoms with van der Waals surface area (Å²) in [6, 6.07) is 7.00. The molecule has 0 N–H and O–H groups in total. The molecule has 0 aromatic carbocycles. The standard InChI is InChI=1S/C11H9NO2/c1-8-3-2-4-10(12-8)11(13)9-5-6-14-7-9/h2-7H,1H3. The Morgan fingerprint density at radius 2 is 2.21 bits per heavy atom. The Kier molecular flexibility index (Phi) is 2.14. The van der Waals surface area contributed by atoms with Crippen molar-refractivity contribution in [2.45, 2.75) is 6.92 Å². The maximum atomic E-state index is 11.7. The normalized spacial score (nSPS) is 10.1. The summed E-state index contributed by atoms with van der Waals surface area (Å²) in [5.41, 5.74) is 1.81. The number of aryl methyl sites for hydroxylation is 1. The fraction of sp³-hybridized carbons (Fsp3) is 0.0909. The Bertz CT molecular complexity index is 446. The van der Waals surface area contributed by atoms with Crippen LogP contribution in [0.3, 0.4) is 0 Å². The van der Waals surface area contributed by atoms with Gasteiger partial charge in [-0.3, -0.25) is 4.79 Å². The average Bonchev–Trinajstić information content (AvgIpc) is 2.69. The van der Waals surface area contributed by atoms with Gasteiger partial charge in [0.05, 0.1) is 11.8 Å². The number of carbonyl (C=O) groups excluding carboxylic acids is 1. The van der Waals surface area contributed by atoms with Gasteiger partial charge in [0.15, 0.2) is 0 Å². The van der Waals surface area contributed by atoms with E-state index in [0.717, 1.165) is 5.69 Å². The molecule has 2 aromatic heterocycles. The summed E-state index contributed by atoms with van der Waals surface area (Å²) in [5, 5.41) is 0. The Morgan fingerprint density at radius 3 is 2.86 bits per heavy atom. The van der Waals surface area contributed by atoms with E-state index in [1.807, 2.05) is 19.1 Å². The van der Waals surface area contributed by atoms with Crippen molar-refractivity contribution in [3.8, 4) is 0 Å². The molecule has 0 saturated carbocycles. The fourth-order valence-electron chi connectivity index (χ4n) is 1.21. The van der Waals surface area contributed by atoms with Crippen LogP contribution in [0.5, 0.6) is 0 Å². The van der Waals surface area contributed by atoms with Gasteiger partial charge in [0.25, 0.3) is 0 Å². The molecule has 0 aliphatic rings.